The van der Waals surface area contributed by atoms with Crippen LogP contribution in [-0.4, -0.2) is 149 Å². The molecule has 6 aromatic carbocycles. The van der Waals surface area contributed by atoms with E-state index in [1.54, 1.807) is 24.3 Å². The van der Waals surface area contributed by atoms with Crippen molar-refractivity contribution in [1.82, 2.24) is 0 Å². The highest BCUT2D eigenvalue weighted by atomic mass is 16.6. The van der Waals surface area contributed by atoms with E-state index in [-0.39, 0.29) is 39.6 Å². The molecule has 18 heteroatoms. The Morgan fingerprint density at radius 3 is 0.681 bits per heavy atom. The minimum absolute atomic E-state index is 0.0765. The van der Waals surface area contributed by atoms with Crippen molar-refractivity contribution >= 4 is 17.9 Å². The molecule has 18 nitrogen and oxygen atoms in total. The predicted octanol–water partition coefficient (Wildman–Crippen LogP) is 22.7. The number of ether oxygens (including phenoxy) is 12. The van der Waals surface area contributed by atoms with Crippen LogP contribution in [0.1, 0.15) is 228 Å². The average molecular weight is 1590 g/mol. The molecule has 6 aromatic rings. The van der Waals surface area contributed by atoms with E-state index < -0.39 is 36.2 Å². The number of epoxide rings is 3. The Kier molecular flexibility index (Phi) is 94.5. The van der Waals surface area contributed by atoms with Crippen LogP contribution in [-0.2, 0) is 42.8 Å². The number of carbonyl (C=O) groups is 3. The first kappa shape index (κ1) is 118. The highest BCUT2D eigenvalue weighted by molar-refractivity contribution is 5.81. The van der Waals surface area contributed by atoms with Crippen molar-refractivity contribution in [1.29, 1.82) is 0 Å². The Balaban J connectivity index is -0.000000227. The van der Waals surface area contributed by atoms with E-state index in [4.69, 9.17) is 47.4 Å². The van der Waals surface area contributed by atoms with Gasteiger partial charge in [0.15, 0.2) is 0 Å². The van der Waals surface area contributed by atoms with Gasteiger partial charge in [0, 0.05) is 18.2 Å². The Bertz CT molecular complexity index is 2780. The lowest BCUT2D eigenvalue weighted by Crippen LogP contribution is -2.24. The summed E-state index contributed by atoms with van der Waals surface area (Å²) in [5, 5.41) is 28.4. The van der Waals surface area contributed by atoms with Crippen molar-refractivity contribution in [2.24, 2.45) is 0 Å². The van der Waals surface area contributed by atoms with Gasteiger partial charge in [0.1, 0.15) is 131 Å². The number of hydrogen-bond acceptors (Lipinski definition) is 18. The molecule has 0 saturated carbocycles. The summed E-state index contributed by atoms with van der Waals surface area (Å²) in [6.07, 6.45) is 8.89. The van der Waals surface area contributed by atoms with Crippen LogP contribution < -0.4 is 28.4 Å². The molecule has 644 valence electrons. The van der Waals surface area contributed by atoms with Gasteiger partial charge in [-0.15, -0.1) is 0 Å². The van der Waals surface area contributed by atoms with Crippen molar-refractivity contribution in [2.75, 3.05) is 79.3 Å². The summed E-state index contributed by atoms with van der Waals surface area (Å²) < 4.78 is 61.5. The second kappa shape index (κ2) is 90.7. The molecule has 0 amide bonds. The molecule has 9 rings (SSSR count). The van der Waals surface area contributed by atoms with Gasteiger partial charge in [0.25, 0.3) is 0 Å². The number of hydrogen-bond donors (Lipinski definition) is 3. The van der Waals surface area contributed by atoms with E-state index in [0.29, 0.717) is 67.2 Å². The van der Waals surface area contributed by atoms with Crippen molar-refractivity contribution in [3.05, 3.63) is 219 Å². The Hall–Kier alpha value is -8.49. The summed E-state index contributed by atoms with van der Waals surface area (Å²) in [4.78, 5) is 32.2. The number of aliphatic hydroxyl groups excluding tert-OH is 3. The van der Waals surface area contributed by atoms with Gasteiger partial charge in [-0.2, -0.15) is 0 Å². The molecular formula is C95H156O18. The van der Waals surface area contributed by atoms with E-state index in [9.17, 15) is 29.7 Å². The minimum Gasteiger partial charge on any atom is -0.491 e. The number of carbonyl (C=O) groups excluding carboxylic acids is 3. The highest BCUT2D eigenvalue weighted by Crippen LogP contribution is 2.24. The molecule has 0 bridgehead atoms. The fourth-order valence-corrected chi connectivity index (χ4v) is 6.82. The van der Waals surface area contributed by atoms with Crippen molar-refractivity contribution < 1.29 is 86.5 Å². The van der Waals surface area contributed by atoms with Crippen LogP contribution in [0.3, 0.4) is 0 Å². The van der Waals surface area contributed by atoms with Crippen LogP contribution in [0, 0.1) is 0 Å². The zero-order valence-corrected chi connectivity index (χ0v) is 74.3. The van der Waals surface area contributed by atoms with Gasteiger partial charge >= 0.3 is 17.9 Å². The van der Waals surface area contributed by atoms with Gasteiger partial charge in [0.2, 0.25) is 0 Å². The molecular weight excluding hydrogens is 1430 g/mol. The Morgan fingerprint density at radius 2 is 0.504 bits per heavy atom. The molecule has 3 aliphatic rings. The maximum Gasteiger partial charge on any atom is 0.330 e. The van der Waals surface area contributed by atoms with E-state index in [0.717, 1.165) is 61.7 Å². The fourth-order valence-electron chi connectivity index (χ4n) is 6.82. The summed E-state index contributed by atoms with van der Waals surface area (Å²) >= 11 is 0. The molecule has 3 heterocycles. The minimum atomic E-state index is -0.854. The van der Waals surface area contributed by atoms with Gasteiger partial charge in [-0.25, -0.2) is 14.4 Å². The summed E-state index contributed by atoms with van der Waals surface area (Å²) in [7, 11) is 0. The van der Waals surface area contributed by atoms with E-state index >= 15 is 0 Å². The van der Waals surface area contributed by atoms with Crippen LogP contribution >= 0.6 is 0 Å². The zero-order valence-electron chi connectivity index (χ0n) is 74.3. The number of para-hydroxylation sites is 4. The number of benzene rings is 6. The monoisotopic (exact) mass is 1590 g/mol. The molecule has 113 heavy (non-hydrogen) atoms. The molecule has 0 radical (unpaired) electrons. The SMILES string of the molecule is C=CC(=O)OCC(O)COc1ccc(C(C)CC)cc1.C=CC(=O)OCC(O)COc1ccccc1.C=CC(=O)OCC(O)COc1ccccc1.CC.CC.CC.CC.CC.CC.CCC.CCC.CCC.CCC.CCC(C)c1ccc(OCC2CO2)cc1.c1ccc(OCC2CO2)cc1.c1ccc(OCC2CO2)cc1. The molecule has 3 saturated heterocycles. The van der Waals surface area contributed by atoms with Crippen LogP contribution in [0.25, 0.3) is 0 Å². The molecule has 8 atom stereocenters. The first-order chi connectivity index (χ1) is 54.8. The molecule has 8 unspecified atom stereocenters. The summed E-state index contributed by atoms with van der Waals surface area (Å²) in [5.74, 6) is 4.28. The molecule has 3 fully saturated rings. The van der Waals surface area contributed by atoms with Gasteiger partial charge < -0.3 is 72.2 Å². The fraction of sp³-hybridized carbons (Fsp3) is 0.526. The number of aliphatic hydroxyl groups is 3. The third-order valence-corrected chi connectivity index (χ3v) is 12.7. The van der Waals surface area contributed by atoms with Crippen LogP contribution in [0.4, 0.5) is 0 Å². The second-order valence-electron chi connectivity index (χ2n) is 23.0. The second-order valence-corrected chi connectivity index (χ2v) is 23.0. The average Bonchev–Trinajstić information content (AvgIpc) is 1.85. The summed E-state index contributed by atoms with van der Waals surface area (Å²) in [6, 6.07) is 54.0. The van der Waals surface area contributed by atoms with Crippen LogP contribution in [0.5, 0.6) is 34.5 Å². The maximum absolute atomic E-state index is 10.8. The molecule has 0 aromatic heterocycles. The number of esters is 3. The van der Waals surface area contributed by atoms with Crippen molar-refractivity contribution in [3.63, 3.8) is 0 Å². The van der Waals surface area contributed by atoms with E-state index in [1.807, 2.05) is 217 Å². The number of rotatable bonds is 31. The van der Waals surface area contributed by atoms with Crippen molar-refractivity contribution in [3.8, 4) is 34.5 Å². The lowest BCUT2D eigenvalue weighted by Gasteiger charge is -2.13. The molecule has 0 aliphatic carbocycles. The molecule has 0 spiro atoms. The summed E-state index contributed by atoms with van der Waals surface area (Å²) in [5.41, 5.74) is 2.65. The third-order valence-electron chi connectivity index (χ3n) is 12.7. The summed E-state index contributed by atoms with van der Waals surface area (Å²) in [6.45, 7) is 64.1. The van der Waals surface area contributed by atoms with Gasteiger partial charge in [-0.05, 0) is 109 Å². The Morgan fingerprint density at radius 1 is 0.327 bits per heavy atom. The zero-order chi connectivity index (χ0) is 87.1. The lowest BCUT2D eigenvalue weighted by molar-refractivity contribution is -0.142. The normalized spacial score (nSPS) is 13.5. The van der Waals surface area contributed by atoms with Crippen molar-refractivity contribution in [2.45, 2.75) is 253 Å². The smallest absolute Gasteiger partial charge is 0.330 e. The molecule has 3 aliphatic heterocycles. The first-order valence-corrected chi connectivity index (χ1v) is 41.3. The maximum atomic E-state index is 10.8. The van der Waals surface area contributed by atoms with Crippen LogP contribution in [0.2, 0.25) is 0 Å². The van der Waals surface area contributed by atoms with Gasteiger partial charge in [-0.3, -0.25) is 0 Å². The van der Waals surface area contributed by atoms with Crippen LogP contribution in [0.15, 0.2) is 208 Å². The molecule has 3 N–H and O–H groups in total. The van der Waals surface area contributed by atoms with E-state index in [1.165, 1.54) is 43.2 Å². The largest absolute Gasteiger partial charge is 0.491 e. The first-order valence-electron chi connectivity index (χ1n) is 41.3. The highest BCUT2D eigenvalue weighted by Gasteiger charge is 2.24. The van der Waals surface area contributed by atoms with Gasteiger partial charge in [0.05, 0.1) is 19.8 Å². The lowest BCUT2D eigenvalue weighted by atomic mass is 9.99. The standard InChI is InChI=1S/C16H22O4.C13H18O2.2C12H14O4.2C9H10O2.4C3H8.6C2H6/c1-4-12(3)13-6-8-15(9-7-13)19-10-14(17)11-20-16(18)5-2;1-3-10(2)11-4-6-12(7-5-11)14-8-13-9-15-13;2*1-2-12(14)16-9-10(13)8-15-11-6-4-3-5-7-11;2*1-2-4-8(5-3-1)10-6-9-7-11-9;4*1-3-2;6*1-2/h5-9,12,14,17H,2,4,10-11H2,1,3H3;4-7,10,13H,3,8-9H2,1-2H3;2*2-7,10,13H,1,8-9H2;2*1-5,9H,6-7H2;4*3H2,1-2H3;6*1-2H3. The quantitative estimate of drug-likeness (QED) is 0.0159. The Labute approximate surface area is 686 Å². The predicted molar refractivity (Wildman–Crippen MR) is 472 cm³/mol. The van der Waals surface area contributed by atoms with Gasteiger partial charge in [-0.1, -0.05) is 309 Å². The topological polar surface area (TPSA) is 233 Å². The third kappa shape index (κ3) is 79.9. The van der Waals surface area contributed by atoms with E-state index in [2.05, 4.69) is 124 Å².